The van der Waals surface area contributed by atoms with E-state index in [9.17, 15) is 0 Å². The number of hydrogen-bond donors (Lipinski definition) is 0. The molecule has 0 atom stereocenters. The summed E-state index contributed by atoms with van der Waals surface area (Å²) in [6.07, 6.45) is 0. The van der Waals surface area contributed by atoms with Crippen molar-refractivity contribution in [3.8, 4) is 11.5 Å². The molecule has 2 aromatic carbocycles. The van der Waals surface area contributed by atoms with Crippen LogP contribution in [-0.4, -0.2) is 17.5 Å². The molecule has 0 aliphatic rings. The first-order valence-corrected chi connectivity index (χ1v) is 47.5. The van der Waals surface area contributed by atoms with Gasteiger partial charge in [0.25, 0.3) is 0 Å². The number of rotatable bonds is 7. The Morgan fingerprint density at radius 3 is 0.864 bits per heavy atom. The summed E-state index contributed by atoms with van der Waals surface area (Å²) in [5.74, 6) is -4.54. The summed E-state index contributed by atoms with van der Waals surface area (Å²) in [7, 11) is 0. The van der Waals surface area contributed by atoms with Gasteiger partial charge in [-0.3, -0.25) is 0 Å². The maximum absolute atomic E-state index is 8.43. The van der Waals surface area contributed by atoms with Crippen LogP contribution >= 0.6 is 0 Å². The Hall–Kier alpha value is -0.569. The van der Waals surface area contributed by atoms with E-state index >= 15 is 0 Å². The summed E-state index contributed by atoms with van der Waals surface area (Å²) in [6, 6.07) is 14.2. The third-order valence-corrected chi connectivity index (χ3v) is 254. The monoisotopic (exact) mass is 825 g/mol. The molecule has 0 bridgehead atoms. The second kappa shape index (κ2) is 10.7. The van der Waals surface area contributed by atoms with Crippen LogP contribution in [0.15, 0.2) is 36.4 Å². The molecule has 0 radical (unpaired) electrons. The molecule has 2 nitrogen and oxygen atoms in total. The Bertz CT molecular complexity index is 1270. The fraction of sp³-hybridized carbons (Fsp3) is 0.684. The van der Waals surface area contributed by atoms with Gasteiger partial charge >= 0.3 is 276 Å². The van der Waals surface area contributed by atoms with Crippen LogP contribution in [-0.2, 0) is 34.7 Å². The van der Waals surface area contributed by atoms with Crippen molar-refractivity contribution in [1.29, 1.82) is 0 Å². The molecule has 0 saturated heterocycles. The predicted octanol–water partition coefficient (Wildman–Crippen LogP) is 12.9. The van der Waals surface area contributed by atoms with Crippen LogP contribution in [0.3, 0.4) is 0 Å². The van der Waals surface area contributed by atoms with E-state index in [1.165, 1.54) is 22.3 Å². The third kappa shape index (κ3) is 5.76. The summed E-state index contributed by atoms with van der Waals surface area (Å²) in [5.41, 5.74) is 5.30. The van der Waals surface area contributed by atoms with Crippen LogP contribution < -0.4 is 6.49 Å². The van der Waals surface area contributed by atoms with E-state index in [2.05, 4.69) is 184 Å². The molecule has 6 heteroatoms. The van der Waals surface area contributed by atoms with E-state index in [4.69, 9.17) is 6.49 Å². The second-order valence-corrected chi connectivity index (χ2v) is 135. The van der Waals surface area contributed by atoms with Gasteiger partial charge in [0.15, 0.2) is 0 Å². The van der Waals surface area contributed by atoms with Crippen molar-refractivity contribution in [2.45, 2.75) is 169 Å². The van der Waals surface area contributed by atoms with Gasteiger partial charge in [-0.25, -0.2) is 0 Å². The third-order valence-electron chi connectivity index (χ3n) is 11.7. The van der Waals surface area contributed by atoms with Gasteiger partial charge in [-0.05, 0) is 0 Å². The Labute approximate surface area is 274 Å². The molecule has 2 rings (SSSR count). The SMILES string of the molecule is CC(C)(C)c1ccc([O][Ta]([CH3])([O]c2ccc(C(C)(C)C)cc2C(C)(C)C)([Si](C)(C)C)([Si](C)(C)C)[Si](C)(C)C)c(C(C)(C)C)c1. The Balaban J connectivity index is 3.32. The van der Waals surface area contributed by atoms with Crippen LogP contribution in [0, 0.1) is 0 Å². The van der Waals surface area contributed by atoms with Gasteiger partial charge in [0.2, 0.25) is 0 Å². The van der Waals surface area contributed by atoms with Gasteiger partial charge in [-0.2, -0.15) is 0 Å². The minimum absolute atomic E-state index is 0.0589. The van der Waals surface area contributed by atoms with Gasteiger partial charge in [-0.1, -0.05) is 0 Å². The molecule has 44 heavy (non-hydrogen) atoms. The maximum atomic E-state index is 8.43. The van der Waals surface area contributed by atoms with Gasteiger partial charge < -0.3 is 0 Å². The topological polar surface area (TPSA) is 18.5 Å². The van der Waals surface area contributed by atoms with Crippen molar-refractivity contribution in [3.05, 3.63) is 58.7 Å². The Morgan fingerprint density at radius 2 is 0.682 bits per heavy atom. The molecule has 0 unspecified atom stereocenters. The quantitative estimate of drug-likeness (QED) is 0.259. The number of benzene rings is 2. The Kier molecular flexibility index (Phi) is 9.65. The number of hydrogen-bond acceptors (Lipinski definition) is 2. The average Bonchev–Trinajstić information content (AvgIpc) is 2.74. The van der Waals surface area contributed by atoms with Crippen molar-refractivity contribution in [3.63, 3.8) is 0 Å². The molecule has 2 aromatic rings. The van der Waals surface area contributed by atoms with Crippen LogP contribution in [0.1, 0.15) is 105 Å². The molecule has 0 spiro atoms. The molecule has 0 fully saturated rings. The summed E-state index contributed by atoms with van der Waals surface area (Å²) in [4.78, 5) is 0. The molecular formula is C38H72O2Si3Ta. The molecule has 0 saturated carbocycles. The van der Waals surface area contributed by atoms with E-state index < -0.39 is 30.5 Å². The minimum atomic E-state index is -5.50. The fourth-order valence-corrected chi connectivity index (χ4v) is 257. The predicted molar refractivity (Wildman–Crippen MR) is 205 cm³/mol. The molecular weight excluding hydrogens is 754 g/mol. The van der Waals surface area contributed by atoms with Gasteiger partial charge in [-0.15, -0.1) is 0 Å². The van der Waals surface area contributed by atoms with Crippen molar-refractivity contribution in [1.82, 2.24) is 0 Å². The van der Waals surface area contributed by atoms with Crippen molar-refractivity contribution < 1.29 is 19.5 Å². The molecule has 0 N–H and O–H groups in total. The standard InChI is InChI=1S/2C14H22O.3C3H9Si.CH3.Ta/c2*1-13(2,3)10-7-8-12(15)11(9-10)14(4,5)6;3*1-4(2)3;;/h2*7-9,15H,1-6H3;3*1-3H3;1H3;/q;;;;;;+2/p-2. The van der Waals surface area contributed by atoms with E-state index in [0.717, 1.165) is 11.5 Å². The van der Waals surface area contributed by atoms with Crippen LogP contribution in [0.5, 0.6) is 11.5 Å². The molecule has 0 aliphatic carbocycles. The van der Waals surface area contributed by atoms with Crippen LogP contribution in [0.25, 0.3) is 0 Å². The molecule has 0 amide bonds. The Morgan fingerprint density at radius 1 is 0.432 bits per heavy atom. The van der Waals surface area contributed by atoms with Crippen LogP contribution in [0.2, 0.25) is 64.1 Å². The first kappa shape index (κ1) is 39.6. The van der Waals surface area contributed by atoms with Gasteiger partial charge in [0, 0.05) is 0 Å². The van der Waals surface area contributed by atoms with Crippen LogP contribution in [0.4, 0.5) is 0 Å². The zero-order chi connectivity index (χ0) is 35.0. The van der Waals surface area contributed by atoms with E-state index in [1.54, 1.807) is 0 Å². The molecule has 0 aromatic heterocycles. The van der Waals surface area contributed by atoms with Crippen molar-refractivity contribution >= 4 is 17.5 Å². The zero-order valence-corrected chi connectivity index (χ0v) is 39.4. The average molecular weight is 826 g/mol. The van der Waals surface area contributed by atoms with Crippen molar-refractivity contribution in [2.24, 2.45) is 0 Å². The first-order valence-electron chi connectivity index (χ1n) is 16.9. The first-order chi connectivity index (χ1) is 19.0. The molecule has 253 valence electrons. The summed E-state index contributed by atoms with van der Waals surface area (Å²) in [6.45, 7) is 51.3. The summed E-state index contributed by atoms with van der Waals surface area (Å²) >= 11 is -5.50. The van der Waals surface area contributed by atoms with E-state index in [0.29, 0.717) is 0 Å². The summed E-state index contributed by atoms with van der Waals surface area (Å²) in [5, 5.41) is 2.68. The van der Waals surface area contributed by atoms with Crippen molar-refractivity contribution in [2.75, 3.05) is 0 Å². The molecule has 0 aliphatic heterocycles. The zero-order valence-electron chi connectivity index (χ0n) is 33.2. The van der Waals surface area contributed by atoms with Gasteiger partial charge in [0.1, 0.15) is 0 Å². The second-order valence-electron chi connectivity index (χ2n) is 21.1. The molecule has 0 heterocycles. The normalized spacial score (nSPS) is 16.3. The van der Waals surface area contributed by atoms with E-state index in [-0.39, 0.29) is 21.7 Å². The fourth-order valence-electron chi connectivity index (χ4n) is 7.76. The van der Waals surface area contributed by atoms with E-state index in [1.807, 2.05) is 0 Å². The van der Waals surface area contributed by atoms with Gasteiger partial charge in [0.05, 0.1) is 0 Å². The summed E-state index contributed by atoms with van der Waals surface area (Å²) < 4.78 is 16.9.